The molecular weight excluding hydrogens is 380 g/mol. The van der Waals surface area contributed by atoms with Crippen LogP contribution >= 0.6 is 0 Å². The molecule has 0 saturated carbocycles. The molecule has 1 atom stereocenters. The summed E-state index contributed by atoms with van der Waals surface area (Å²) in [6.07, 6.45) is 3.25. The number of benzene rings is 1. The van der Waals surface area contributed by atoms with Crippen molar-refractivity contribution in [1.29, 1.82) is 0 Å². The molecule has 0 aliphatic carbocycles. The van der Waals surface area contributed by atoms with Crippen LogP contribution < -0.4 is 14.8 Å². The van der Waals surface area contributed by atoms with E-state index in [-0.39, 0.29) is 5.91 Å². The average Bonchev–Trinajstić information content (AvgIpc) is 3.17. The second-order valence-corrected chi connectivity index (χ2v) is 8.48. The van der Waals surface area contributed by atoms with Crippen LogP contribution in [0.2, 0.25) is 0 Å². The van der Waals surface area contributed by atoms with Gasteiger partial charge in [-0.1, -0.05) is 19.9 Å². The van der Waals surface area contributed by atoms with Crippen LogP contribution in [0.1, 0.15) is 48.4 Å². The van der Waals surface area contributed by atoms with Crippen molar-refractivity contribution in [3.63, 3.8) is 0 Å². The van der Waals surface area contributed by atoms with E-state index >= 15 is 0 Å². The van der Waals surface area contributed by atoms with Gasteiger partial charge in [0.1, 0.15) is 0 Å². The Balaban J connectivity index is 1.53. The normalized spacial score (nSPS) is 17.2. The fourth-order valence-electron chi connectivity index (χ4n) is 4.11. The minimum atomic E-state index is -0.130. The van der Waals surface area contributed by atoms with Gasteiger partial charge in [-0.2, -0.15) is 5.10 Å². The number of aromatic amines is 1. The number of piperidine rings is 1. The molecule has 1 aliphatic rings. The first-order valence-electron chi connectivity index (χ1n) is 10.7. The number of rotatable bonds is 9. The van der Waals surface area contributed by atoms with Crippen LogP contribution in [0.25, 0.3) is 0 Å². The number of ether oxygens (including phenoxy) is 2. The van der Waals surface area contributed by atoms with Gasteiger partial charge in [0.25, 0.3) is 5.91 Å². The molecular formula is C23H34N4O3. The van der Waals surface area contributed by atoms with Gasteiger partial charge in [-0.3, -0.25) is 14.8 Å². The quantitative estimate of drug-likeness (QED) is 0.658. The van der Waals surface area contributed by atoms with Crippen LogP contribution in [0.3, 0.4) is 0 Å². The van der Waals surface area contributed by atoms with Crippen LogP contribution in [0.4, 0.5) is 0 Å². The maximum atomic E-state index is 12.7. The average molecular weight is 415 g/mol. The second-order valence-electron chi connectivity index (χ2n) is 8.48. The number of para-hydroxylation sites is 1. The molecule has 1 fully saturated rings. The van der Waals surface area contributed by atoms with E-state index in [9.17, 15) is 4.79 Å². The molecule has 1 aromatic heterocycles. The smallest absolute Gasteiger partial charge is 0.255 e. The molecule has 7 heteroatoms. The van der Waals surface area contributed by atoms with Crippen LogP contribution in [0, 0.1) is 11.8 Å². The van der Waals surface area contributed by atoms with Crippen LogP contribution in [0.15, 0.2) is 24.3 Å². The summed E-state index contributed by atoms with van der Waals surface area (Å²) in [7, 11) is 3.12. The topological polar surface area (TPSA) is 79.5 Å². The summed E-state index contributed by atoms with van der Waals surface area (Å²) >= 11 is 0. The maximum absolute atomic E-state index is 12.7. The van der Waals surface area contributed by atoms with Crippen molar-refractivity contribution in [3.05, 3.63) is 41.2 Å². The van der Waals surface area contributed by atoms with Crippen molar-refractivity contribution in [3.8, 4) is 11.5 Å². The van der Waals surface area contributed by atoms with Crippen LogP contribution in [-0.4, -0.2) is 54.9 Å². The van der Waals surface area contributed by atoms with Crippen molar-refractivity contribution in [2.75, 3.05) is 33.9 Å². The van der Waals surface area contributed by atoms with Gasteiger partial charge in [-0.25, -0.2) is 0 Å². The zero-order chi connectivity index (χ0) is 21.5. The number of carbonyl (C=O) groups excluding carboxylic acids is 1. The number of methoxy groups -OCH3 is 2. The Kier molecular flexibility index (Phi) is 7.74. The first-order chi connectivity index (χ1) is 14.5. The van der Waals surface area contributed by atoms with Crippen molar-refractivity contribution in [2.45, 2.75) is 39.7 Å². The third-order valence-corrected chi connectivity index (χ3v) is 5.50. The molecule has 3 rings (SSSR count). The van der Waals surface area contributed by atoms with Gasteiger partial charge in [0.15, 0.2) is 11.5 Å². The summed E-state index contributed by atoms with van der Waals surface area (Å²) in [6.45, 7) is 7.98. The lowest BCUT2D eigenvalue weighted by Crippen LogP contribution is -2.40. The first-order valence-corrected chi connectivity index (χ1v) is 10.7. The van der Waals surface area contributed by atoms with Gasteiger partial charge in [-0.15, -0.1) is 0 Å². The number of amides is 1. The third-order valence-electron chi connectivity index (χ3n) is 5.50. The Bertz CT molecular complexity index is 834. The molecule has 0 bridgehead atoms. The van der Waals surface area contributed by atoms with E-state index in [1.807, 2.05) is 0 Å². The molecule has 1 unspecified atom stereocenters. The molecule has 7 nitrogen and oxygen atoms in total. The number of hydrogen-bond acceptors (Lipinski definition) is 5. The van der Waals surface area contributed by atoms with E-state index < -0.39 is 0 Å². The highest BCUT2D eigenvalue weighted by molar-refractivity contribution is 5.97. The highest BCUT2D eigenvalue weighted by Crippen LogP contribution is 2.30. The van der Waals surface area contributed by atoms with Crippen LogP contribution in [-0.2, 0) is 13.0 Å². The van der Waals surface area contributed by atoms with E-state index in [2.05, 4.69) is 40.3 Å². The summed E-state index contributed by atoms with van der Waals surface area (Å²) in [5, 5.41) is 10.7. The number of H-pyrrole nitrogens is 1. The Morgan fingerprint density at radius 3 is 2.90 bits per heavy atom. The summed E-state index contributed by atoms with van der Waals surface area (Å²) in [5.74, 6) is 1.93. The highest BCUT2D eigenvalue weighted by atomic mass is 16.5. The van der Waals surface area contributed by atoms with E-state index in [0.29, 0.717) is 35.4 Å². The number of nitrogens with zero attached hydrogens (tertiary/aromatic N) is 2. The monoisotopic (exact) mass is 414 g/mol. The molecule has 164 valence electrons. The molecule has 2 N–H and O–H groups in total. The molecule has 0 radical (unpaired) electrons. The lowest BCUT2D eigenvalue weighted by molar-refractivity contribution is 0.0926. The van der Waals surface area contributed by atoms with Crippen molar-refractivity contribution < 1.29 is 14.3 Å². The van der Waals surface area contributed by atoms with Crippen LogP contribution in [0.5, 0.6) is 11.5 Å². The molecule has 0 spiro atoms. The Morgan fingerprint density at radius 1 is 1.33 bits per heavy atom. The van der Waals surface area contributed by atoms with Gasteiger partial charge in [0.2, 0.25) is 0 Å². The maximum Gasteiger partial charge on any atom is 0.255 e. The number of likely N-dealkylation sites (tertiary alicyclic amines) is 1. The Labute approximate surface area is 179 Å². The largest absolute Gasteiger partial charge is 0.493 e. The fourth-order valence-corrected chi connectivity index (χ4v) is 4.11. The lowest BCUT2D eigenvalue weighted by atomic mass is 9.97. The van der Waals surface area contributed by atoms with E-state index in [1.54, 1.807) is 32.4 Å². The SMILES string of the molecule is COc1cccc(C(=O)NCC2CCCN(Cc3cc(CC(C)C)n[nH]3)C2)c1OC. The van der Waals surface area contributed by atoms with Gasteiger partial charge in [0.05, 0.1) is 25.5 Å². The summed E-state index contributed by atoms with van der Waals surface area (Å²) in [5.41, 5.74) is 2.80. The first kappa shape index (κ1) is 22.2. The number of nitrogens with one attached hydrogen (secondary N) is 2. The van der Waals surface area contributed by atoms with Gasteiger partial charge in [0, 0.05) is 25.3 Å². The third kappa shape index (κ3) is 5.75. The van der Waals surface area contributed by atoms with E-state index in [1.165, 1.54) is 0 Å². The Morgan fingerprint density at radius 2 is 2.17 bits per heavy atom. The molecule has 2 aromatic rings. The number of carbonyl (C=O) groups is 1. The highest BCUT2D eigenvalue weighted by Gasteiger charge is 2.22. The number of hydrogen-bond donors (Lipinski definition) is 2. The summed E-state index contributed by atoms with van der Waals surface area (Å²) in [4.78, 5) is 15.2. The standard InChI is InChI=1S/C23H34N4O3/c1-16(2)11-18-12-19(26-25-18)15-27-10-6-7-17(14-27)13-24-23(28)20-8-5-9-21(29-3)22(20)30-4/h5,8-9,12,16-17H,6-7,10-11,13-15H2,1-4H3,(H,24,28)(H,25,26). The molecule has 2 heterocycles. The van der Waals surface area contributed by atoms with Gasteiger partial charge >= 0.3 is 0 Å². The zero-order valence-electron chi connectivity index (χ0n) is 18.5. The second kappa shape index (κ2) is 10.5. The summed E-state index contributed by atoms with van der Waals surface area (Å²) in [6, 6.07) is 7.53. The predicted molar refractivity (Wildman–Crippen MR) is 117 cm³/mol. The van der Waals surface area contributed by atoms with Crippen molar-refractivity contribution in [1.82, 2.24) is 20.4 Å². The summed E-state index contributed by atoms with van der Waals surface area (Å²) < 4.78 is 10.7. The number of aromatic nitrogens is 2. The zero-order valence-corrected chi connectivity index (χ0v) is 18.5. The molecule has 1 aliphatic heterocycles. The molecule has 1 aromatic carbocycles. The Hall–Kier alpha value is -2.54. The predicted octanol–water partition coefficient (Wildman–Crippen LogP) is 3.27. The van der Waals surface area contributed by atoms with Gasteiger partial charge in [-0.05, 0) is 55.8 Å². The molecule has 30 heavy (non-hydrogen) atoms. The lowest BCUT2D eigenvalue weighted by Gasteiger charge is -2.32. The van der Waals surface area contributed by atoms with E-state index in [4.69, 9.17) is 9.47 Å². The van der Waals surface area contributed by atoms with Crippen molar-refractivity contribution >= 4 is 5.91 Å². The van der Waals surface area contributed by atoms with E-state index in [0.717, 1.165) is 50.3 Å². The minimum Gasteiger partial charge on any atom is -0.493 e. The van der Waals surface area contributed by atoms with Gasteiger partial charge < -0.3 is 14.8 Å². The fraction of sp³-hybridized carbons (Fsp3) is 0.565. The molecule has 1 amide bonds. The minimum absolute atomic E-state index is 0.130. The van der Waals surface area contributed by atoms with Crippen molar-refractivity contribution in [2.24, 2.45) is 11.8 Å². The molecule has 1 saturated heterocycles.